The molecule has 2 saturated heterocycles. The van der Waals surface area contributed by atoms with Crippen molar-refractivity contribution in [2.45, 2.75) is 45.1 Å². The Balaban J connectivity index is 1.83. The largest absolute Gasteiger partial charge is 0.469 e. The quantitative estimate of drug-likeness (QED) is 0.555. The van der Waals surface area contributed by atoms with E-state index in [1.807, 2.05) is 0 Å². The van der Waals surface area contributed by atoms with Crippen molar-refractivity contribution < 1.29 is 32.3 Å². The van der Waals surface area contributed by atoms with Crippen LogP contribution in [0.4, 0.5) is 0 Å². The fraction of sp³-hybridized carbons (Fsp3) is 0.824. The zero-order chi connectivity index (χ0) is 20.0. The van der Waals surface area contributed by atoms with Gasteiger partial charge in [-0.25, -0.2) is 8.42 Å². The standard InChI is InChI=1S/C17H28N2O7S/c1-3-11-27(23,24)19-8-4-5-14(19)17(22)26-12-15(20)18-9-6-13(7-10-18)16(21)25-2/h13-14H,3-12H2,1-2H3. The summed E-state index contributed by atoms with van der Waals surface area (Å²) in [5.74, 6) is -1.51. The summed E-state index contributed by atoms with van der Waals surface area (Å²) in [4.78, 5) is 37.6. The van der Waals surface area contributed by atoms with Crippen LogP contribution < -0.4 is 0 Å². The summed E-state index contributed by atoms with van der Waals surface area (Å²) in [6.45, 7) is 2.45. The summed E-state index contributed by atoms with van der Waals surface area (Å²) in [5.41, 5.74) is 0. The zero-order valence-corrected chi connectivity index (χ0v) is 16.7. The van der Waals surface area contributed by atoms with Gasteiger partial charge in [-0.05, 0) is 32.1 Å². The molecule has 0 aromatic rings. The summed E-state index contributed by atoms with van der Waals surface area (Å²) in [7, 11) is -2.15. The van der Waals surface area contributed by atoms with E-state index >= 15 is 0 Å². The third-order valence-electron chi connectivity index (χ3n) is 5.02. The SMILES string of the molecule is CCCS(=O)(=O)N1CCCC1C(=O)OCC(=O)N1CCC(C(=O)OC)CC1. The molecule has 0 bridgehead atoms. The molecule has 1 amide bonds. The highest BCUT2D eigenvalue weighted by atomic mass is 32.2. The van der Waals surface area contributed by atoms with E-state index in [9.17, 15) is 22.8 Å². The van der Waals surface area contributed by atoms with E-state index in [-0.39, 0.29) is 23.5 Å². The van der Waals surface area contributed by atoms with E-state index in [1.165, 1.54) is 11.4 Å². The van der Waals surface area contributed by atoms with Gasteiger partial charge in [0.15, 0.2) is 6.61 Å². The first-order valence-electron chi connectivity index (χ1n) is 9.32. The Hall–Kier alpha value is -1.68. The highest BCUT2D eigenvalue weighted by Crippen LogP contribution is 2.23. The van der Waals surface area contributed by atoms with Crippen LogP contribution in [-0.2, 0) is 33.9 Å². The van der Waals surface area contributed by atoms with E-state index in [0.717, 1.165) is 0 Å². The Morgan fingerprint density at radius 2 is 1.70 bits per heavy atom. The van der Waals surface area contributed by atoms with Gasteiger partial charge in [-0.3, -0.25) is 14.4 Å². The third kappa shape index (κ3) is 5.41. The zero-order valence-electron chi connectivity index (χ0n) is 15.9. The van der Waals surface area contributed by atoms with E-state index in [2.05, 4.69) is 0 Å². The minimum atomic E-state index is -3.49. The molecule has 1 atom stereocenters. The number of carbonyl (C=O) groups excluding carboxylic acids is 3. The van der Waals surface area contributed by atoms with E-state index in [1.54, 1.807) is 11.8 Å². The second-order valence-electron chi connectivity index (χ2n) is 6.87. The Kier molecular flexibility index (Phi) is 7.60. The van der Waals surface area contributed by atoms with Crippen molar-refractivity contribution in [3.63, 3.8) is 0 Å². The van der Waals surface area contributed by atoms with Crippen LogP contribution in [0.15, 0.2) is 0 Å². The molecule has 2 heterocycles. The van der Waals surface area contributed by atoms with Crippen molar-refractivity contribution in [3.8, 4) is 0 Å². The van der Waals surface area contributed by atoms with Gasteiger partial charge in [0.25, 0.3) is 5.91 Å². The maximum absolute atomic E-state index is 12.3. The molecule has 1 unspecified atom stereocenters. The van der Waals surface area contributed by atoms with E-state index < -0.39 is 28.6 Å². The molecule has 2 aliphatic heterocycles. The second-order valence-corrected chi connectivity index (χ2v) is 8.91. The number of piperidine rings is 1. The van der Waals surface area contributed by atoms with Crippen LogP contribution in [0.25, 0.3) is 0 Å². The first-order valence-corrected chi connectivity index (χ1v) is 10.9. The molecule has 0 saturated carbocycles. The fourth-order valence-corrected chi connectivity index (χ4v) is 5.27. The molecule has 0 aromatic carbocycles. The number of ether oxygens (including phenoxy) is 2. The van der Waals surface area contributed by atoms with E-state index in [0.29, 0.717) is 51.7 Å². The van der Waals surface area contributed by atoms with Gasteiger partial charge < -0.3 is 14.4 Å². The number of esters is 2. The molecule has 27 heavy (non-hydrogen) atoms. The number of likely N-dealkylation sites (tertiary alicyclic amines) is 1. The van der Waals surface area contributed by atoms with Crippen LogP contribution in [0.1, 0.15) is 39.0 Å². The van der Waals surface area contributed by atoms with Crippen LogP contribution in [0, 0.1) is 5.92 Å². The Labute approximate surface area is 160 Å². The van der Waals surface area contributed by atoms with Gasteiger partial charge in [0.05, 0.1) is 18.8 Å². The summed E-state index contributed by atoms with van der Waals surface area (Å²) in [6, 6.07) is -0.848. The third-order valence-corrected chi connectivity index (χ3v) is 7.09. The van der Waals surface area contributed by atoms with Gasteiger partial charge in [-0.2, -0.15) is 4.31 Å². The van der Waals surface area contributed by atoms with Crippen molar-refractivity contribution >= 4 is 27.9 Å². The molecule has 2 fully saturated rings. The first-order chi connectivity index (χ1) is 12.8. The van der Waals surface area contributed by atoms with Gasteiger partial charge in [0.1, 0.15) is 6.04 Å². The van der Waals surface area contributed by atoms with Gasteiger partial charge in [-0.15, -0.1) is 0 Å². The summed E-state index contributed by atoms with van der Waals surface area (Å²) >= 11 is 0. The summed E-state index contributed by atoms with van der Waals surface area (Å²) in [6.07, 6.45) is 2.49. The molecule has 9 nitrogen and oxygen atoms in total. The molecule has 0 spiro atoms. The Morgan fingerprint density at radius 1 is 1.04 bits per heavy atom. The van der Waals surface area contributed by atoms with Gasteiger partial charge >= 0.3 is 11.9 Å². The predicted octanol–water partition coefficient (Wildman–Crippen LogP) is 0.145. The average Bonchev–Trinajstić information content (AvgIpc) is 3.16. The molecular weight excluding hydrogens is 376 g/mol. The lowest BCUT2D eigenvalue weighted by Gasteiger charge is -2.30. The lowest BCUT2D eigenvalue weighted by molar-refractivity contribution is -0.156. The Bertz CT molecular complexity index is 656. The van der Waals surface area contributed by atoms with Crippen LogP contribution in [0.5, 0.6) is 0 Å². The van der Waals surface area contributed by atoms with Crippen LogP contribution in [-0.4, -0.2) is 80.6 Å². The molecule has 10 heteroatoms. The lowest BCUT2D eigenvalue weighted by atomic mass is 9.97. The predicted molar refractivity (Wildman–Crippen MR) is 96.1 cm³/mol. The van der Waals surface area contributed by atoms with Crippen molar-refractivity contribution in [2.24, 2.45) is 5.92 Å². The first kappa shape index (κ1) is 21.6. The Morgan fingerprint density at radius 3 is 2.30 bits per heavy atom. The fourth-order valence-electron chi connectivity index (χ4n) is 3.54. The van der Waals surface area contributed by atoms with Gasteiger partial charge in [0.2, 0.25) is 10.0 Å². The molecule has 0 N–H and O–H groups in total. The lowest BCUT2D eigenvalue weighted by Crippen LogP contribution is -2.45. The highest BCUT2D eigenvalue weighted by Gasteiger charge is 2.39. The van der Waals surface area contributed by atoms with Gasteiger partial charge in [-0.1, -0.05) is 6.92 Å². The van der Waals surface area contributed by atoms with Crippen molar-refractivity contribution in [2.75, 3.05) is 39.1 Å². The molecule has 0 aliphatic carbocycles. The number of sulfonamides is 1. The second kappa shape index (κ2) is 9.50. The number of amides is 1. The molecule has 0 aromatic heterocycles. The molecule has 2 aliphatic rings. The topological polar surface area (TPSA) is 110 Å². The number of rotatable bonds is 7. The number of carbonyl (C=O) groups is 3. The smallest absolute Gasteiger partial charge is 0.324 e. The summed E-state index contributed by atoms with van der Waals surface area (Å²) in [5, 5.41) is 0. The minimum absolute atomic E-state index is 0.00908. The highest BCUT2D eigenvalue weighted by molar-refractivity contribution is 7.89. The van der Waals surface area contributed by atoms with Crippen LogP contribution in [0.2, 0.25) is 0 Å². The van der Waals surface area contributed by atoms with Gasteiger partial charge in [0, 0.05) is 19.6 Å². The molecule has 154 valence electrons. The summed E-state index contributed by atoms with van der Waals surface area (Å²) < 4.78 is 35.5. The van der Waals surface area contributed by atoms with Crippen LogP contribution >= 0.6 is 0 Å². The number of methoxy groups -OCH3 is 1. The average molecular weight is 404 g/mol. The molecule has 0 radical (unpaired) electrons. The van der Waals surface area contributed by atoms with Crippen molar-refractivity contribution in [3.05, 3.63) is 0 Å². The number of hydrogen-bond acceptors (Lipinski definition) is 7. The van der Waals surface area contributed by atoms with Crippen molar-refractivity contribution in [1.82, 2.24) is 9.21 Å². The molecular formula is C17H28N2O7S. The monoisotopic (exact) mass is 404 g/mol. The number of hydrogen-bond donors (Lipinski definition) is 0. The maximum Gasteiger partial charge on any atom is 0.324 e. The van der Waals surface area contributed by atoms with Crippen LogP contribution in [0.3, 0.4) is 0 Å². The minimum Gasteiger partial charge on any atom is -0.469 e. The number of nitrogens with zero attached hydrogens (tertiary/aromatic N) is 2. The maximum atomic E-state index is 12.3. The van der Waals surface area contributed by atoms with E-state index in [4.69, 9.17) is 9.47 Å². The molecule has 2 rings (SSSR count). The normalized spacial score (nSPS) is 21.9. The van der Waals surface area contributed by atoms with Crippen molar-refractivity contribution in [1.29, 1.82) is 0 Å².